The van der Waals surface area contributed by atoms with Gasteiger partial charge in [0, 0.05) is 17.7 Å². The highest BCUT2D eigenvalue weighted by molar-refractivity contribution is 6.33. The fraction of sp³-hybridized carbons (Fsp3) is 0. The van der Waals surface area contributed by atoms with E-state index in [0.29, 0.717) is 17.1 Å². The molecule has 0 amide bonds. The number of benzene rings is 1. The van der Waals surface area contributed by atoms with E-state index in [-0.39, 0.29) is 16.7 Å². The zero-order valence-corrected chi connectivity index (χ0v) is 12.1. The molecule has 0 aliphatic carbocycles. The minimum absolute atomic E-state index is 0.0337. The summed E-state index contributed by atoms with van der Waals surface area (Å²) in [7, 11) is 0. The molecular formula is C12H8ClN7O3. The molecule has 0 fully saturated rings. The van der Waals surface area contributed by atoms with Gasteiger partial charge < -0.3 is 10.2 Å². The molecule has 0 bridgehead atoms. The smallest absolute Gasteiger partial charge is 0.270 e. The number of hydrogen-bond acceptors (Lipinski definition) is 8. The highest BCUT2D eigenvalue weighted by Crippen LogP contribution is 2.31. The van der Waals surface area contributed by atoms with Crippen molar-refractivity contribution in [2.24, 2.45) is 5.10 Å². The van der Waals surface area contributed by atoms with E-state index in [2.05, 4.69) is 20.6 Å². The van der Waals surface area contributed by atoms with Crippen LogP contribution in [0.15, 0.2) is 39.9 Å². The molecule has 0 unspecified atom stereocenters. The van der Waals surface area contributed by atoms with E-state index >= 15 is 0 Å². The van der Waals surface area contributed by atoms with Gasteiger partial charge in [-0.3, -0.25) is 10.1 Å². The predicted octanol–water partition coefficient (Wildman–Crippen LogP) is 1.96. The summed E-state index contributed by atoms with van der Waals surface area (Å²) in [5, 5.41) is 25.2. The number of nitrogens with two attached hydrogens (primary N) is 1. The molecule has 2 N–H and O–H groups in total. The maximum atomic E-state index is 10.7. The SMILES string of the molecule is Nc1nnnn1N=Cc1ccc(-c2ccc([N+](=O)[O-])cc2Cl)o1. The molecule has 0 radical (unpaired) electrons. The number of furan rings is 1. The molecule has 0 saturated carbocycles. The lowest BCUT2D eigenvalue weighted by Crippen LogP contribution is -1.99. The Balaban J connectivity index is 1.86. The summed E-state index contributed by atoms with van der Waals surface area (Å²) in [6.45, 7) is 0. The van der Waals surface area contributed by atoms with Crippen LogP contribution in [0.25, 0.3) is 11.3 Å². The van der Waals surface area contributed by atoms with Crippen molar-refractivity contribution in [3.63, 3.8) is 0 Å². The molecule has 10 nitrogen and oxygen atoms in total. The number of nitrogen functional groups attached to an aromatic ring is 1. The van der Waals surface area contributed by atoms with E-state index < -0.39 is 4.92 Å². The molecular weight excluding hydrogens is 326 g/mol. The van der Waals surface area contributed by atoms with Gasteiger partial charge in [0.2, 0.25) is 0 Å². The minimum Gasteiger partial charge on any atom is -0.455 e. The number of nitro benzene ring substituents is 1. The molecule has 23 heavy (non-hydrogen) atoms. The third kappa shape index (κ3) is 3.01. The number of aromatic nitrogens is 4. The van der Waals surface area contributed by atoms with Gasteiger partial charge in [-0.2, -0.15) is 5.10 Å². The molecule has 2 heterocycles. The Labute approximate surface area is 133 Å². The average molecular weight is 334 g/mol. The first-order valence-electron chi connectivity index (χ1n) is 6.17. The number of nitro groups is 1. The maximum absolute atomic E-state index is 10.7. The van der Waals surface area contributed by atoms with Gasteiger partial charge in [0.15, 0.2) is 0 Å². The van der Waals surface area contributed by atoms with Crippen molar-refractivity contribution in [2.75, 3.05) is 5.73 Å². The lowest BCUT2D eigenvalue weighted by molar-refractivity contribution is -0.384. The Hall–Kier alpha value is -3.27. The highest BCUT2D eigenvalue weighted by Gasteiger charge is 2.13. The molecule has 1 aromatic carbocycles. The molecule has 0 aliphatic rings. The predicted molar refractivity (Wildman–Crippen MR) is 81.0 cm³/mol. The summed E-state index contributed by atoms with van der Waals surface area (Å²) in [6, 6.07) is 7.43. The molecule has 3 aromatic rings. The van der Waals surface area contributed by atoms with Crippen LogP contribution in [0.4, 0.5) is 11.6 Å². The highest BCUT2D eigenvalue weighted by atomic mass is 35.5. The average Bonchev–Trinajstić information content (AvgIpc) is 3.14. The van der Waals surface area contributed by atoms with Crippen LogP contribution in [0.5, 0.6) is 0 Å². The molecule has 3 rings (SSSR count). The first kappa shape index (κ1) is 14.7. The number of anilines is 1. The van der Waals surface area contributed by atoms with Crippen molar-refractivity contribution in [3.05, 3.63) is 51.2 Å². The van der Waals surface area contributed by atoms with Crippen molar-refractivity contribution in [1.82, 2.24) is 20.3 Å². The Morgan fingerprint density at radius 3 is 2.87 bits per heavy atom. The van der Waals surface area contributed by atoms with Crippen molar-refractivity contribution >= 4 is 29.5 Å². The normalized spacial score (nSPS) is 11.2. The quantitative estimate of drug-likeness (QED) is 0.437. The Kier molecular flexibility index (Phi) is 3.73. The second kappa shape index (κ2) is 5.85. The summed E-state index contributed by atoms with van der Waals surface area (Å²) in [5.41, 5.74) is 5.90. The summed E-state index contributed by atoms with van der Waals surface area (Å²) in [4.78, 5) is 11.2. The van der Waals surface area contributed by atoms with Gasteiger partial charge in [-0.1, -0.05) is 21.5 Å². The van der Waals surface area contributed by atoms with Gasteiger partial charge >= 0.3 is 0 Å². The van der Waals surface area contributed by atoms with Gasteiger partial charge in [-0.05, 0) is 28.6 Å². The number of hydrogen-bond donors (Lipinski definition) is 1. The monoisotopic (exact) mass is 333 g/mol. The number of nitrogens with zero attached hydrogens (tertiary/aromatic N) is 6. The van der Waals surface area contributed by atoms with E-state index in [0.717, 1.165) is 4.79 Å². The van der Waals surface area contributed by atoms with Crippen LogP contribution in [-0.2, 0) is 0 Å². The van der Waals surface area contributed by atoms with Gasteiger partial charge in [-0.25, -0.2) is 0 Å². The lowest BCUT2D eigenvalue weighted by atomic mass is 10.1. The fourth-order valence-corrected chi connectivity index (χ4v) is 2.04. The van der Waals surface area contributed by atoms with Gasteiger partial charge in [-0.15, -0.1) is 0 Å². The molecule has 116 valence electrons. The number of non-ortho nitro benzene ring substituents is 1. The van der Waals surface area contributed by atoms with Crippen LogP contribution < -0.4 is 5.73 Å². The van der Waals surface area contributed by atoms with Crippen LogP contribution in [0.1, 0.15) is 5.76 Å². The first-order valence-corrected chi connectivity index (χ1v) is 6.55. The lowest BCUT2D eigenvalue weighted by Gasteiger charge is -2.00. The van der Waals surface area contributed by atoms with Crippen LogP contribution in [0.3, 0.4) is 0 Å². The van der Waals surface area contributed by atoms with Gasteiger partial charge in [0.25, 0.3) is 11.6 Å². The van der Waals surface area contributed by atoms with E-state index in [1.165, 1.54) is 24.4 Å². The Morgan fingerprint density at radius 1 is 1.39 bits per heavy atom. The van der Waals surface area contributed by atoms with Crippen LogP contribution >= 0.6 is 11.6 Å². The van der Waals surface area contributed by atoms with Crippen molar-refractivity contribution < 1.29 is 9.34 Å². The summed E-state index contributed by atoms with van der Waals surface area (Å²) in [6.07, 6.45) is 1.37. The van der Waals surface area contributed by atoms with Crippen molar-refractivity contribution in [3.8, 4) is 11.3 Å². The van der Waals surface area contributed by atoms with Crippen LogP contribution in [-0.4, -0.2) is 31.5 Å². The number of tetrazole rings is 1. The van der Waals surface area contributed by atoms with Crippen molar-refractivity contribution in [1.29, 1.82) is 0 Å². The fourth-order valence-electron chi connectivity index (χ4n) is 1.77. The summed E-state index contributed by atoms with van der Waals surface area (Å²) in [5.74, 6) is 0.881. The third-order valence-electron chi connectivity index (χ3n) is 2.83. The second-order valence-corrected chi connectivity index (χ2v) is 4.70. The topological polar surface area (TPSA) is 138 Å². The van der Waals surface area contributed by atoms with Crippen LogP contribution in [0, 0.1) is 10.1 Å². The van der Waals surface area contributed by atoms with E-state index in [9.17, 15) is 10.1 Å². The molecule has 0 aliphatic heterocycles. The van der Waals surface area contributed by atoms with E-state index in [1.807, 2.05) is 0 Å². The third-order valence-corrected chi connectivity index (χ3v) is 3.14. The molecule has 2 aromatic heterocycles. The largest absolute Gasteiger partial charge is 0.455 e. The summed E-state index contributed by atoms with van der Waals surface area (Å²) >= 11 is 6.05. The standard InChI is InChI=1S/C12H8ClN7O3/c13-10-5-7(20(21)22)1-3-9(10)11-4-2-8(23-11)6-15-19-12(14)16-17-18-19/h1-6H,(H2,14,16,18). The minimum atomic E-state index is -0.521. The van der Waals surface area contributed by atoms with Crippen molar-refractivity contribution in [2.45, 2.75) is 0 Å². The van der Waals surface area contributed by atoms with Gasteiger partial charge in [0.1, 0.15) is 11.5 Å². The van der Waals surface area contributed by atoms with E-state index in [1.54, 1.807) is 12.1 Å². The number of halogens is 1. The molecule has 0 atom stereocenters. The first-order chi connectivity index (χ1) is 11.0. The van der Waals surface area contributed by atoms with Crippen LogP contribution in [0.2, 0.25) is 5.02 Å². The second-order valence-electron chi connectivity index (χ2n) is 4.29. The molecule has 11 heteroatoms. The Bertz CT molecular complexity index is 902. The Morgan fingerprint density at radius 2 is 2.22 bits per heavy atom. The molecule has 0 spiro atoms. The maximum Gasteiger partial charge on any atom is 0.270 e. The number of rotatable bonds is 4. The molecule has 0 saturated heterocycles. The van der Waals surface area contributed by atoms with E-state index in [4.69, 9.17) is 21.8 Å². The summed E-state index contributed by atoms with van der Waals surface area (Å²) < 4.78 is 5.56. The zero-order chi connectivity index (χ0) is 16.4. The zero-order valence-electron chi connectivity index (χ0n) is 11.3. The van der Waals surface area contributed by atoms with Gasteiger partial charge in [0.05, 0.1) is 16.2 Å².